The topological polar surface area (TPSA) is 38.8 Å². The quantitative estimate of drug-likeness (QED) is 0.430. The van der Waals surface area contributed by atoms with Gasteiger partial charge in [0.15, 0.2) is 0 Å². The number of nitrogens with zero attached hydrogens (tertiary/aromatic N) is 1. The maximum Gasteiger partial charge on any atom is 1.00 e. The van der Waals surface area contributed by atoms with Crippen LogP contribution < -0.4 is 18.9 Å². The van der Waals surface area contributed by atoms with Gasteiger partial charge in [0.1, 0.15) is 5.60 Å². The smallest absolute Gasteiger partial charge is 0.455 e. The molecule has 1 unspecified atom stereocenters. The van der Waals surface area contributed by atoms with Crippen molar-refractivity contribution in [2.24, 2.45) is 0 Å². The van der Waals surface area contributed by atoms with Crippen molar-refractivity contribution < 1.29 is 33.1 Å². The van der Waals surface area contributed by atoms with E-state index in [9.17, 15) is 4.79 Å². The standard InChI is InChI=1S/C11H20NO3.Li/c1-11(2,3)15-10(13)12-7-5-6-9(8-12)14-4;/h8-9H,5-7H2,1-4H3;/q-1;+1. The first-order valence-electron chi connectivity index (χ1n) is 5.30. The fourth-order valence-corrected chi connectivity index (χ4v) is 1.46. The van der Waals surface area contributed by atoms with Crippen LogP contribution in [0.5, 0.6) is 0 Å². The minimum atomic E-state index is -0.440. The summed E-state index contributed by atoms with van der Waals surface area (Å²) in [5.74, 6) is 0. The fraction of sp³-hybridized carbons (Fsp3) is 0.818. The number of carbonyl (C=O) groups excluding carboxylic acids is 1. The molecule has 1 saturated heterocycles. The van der Waals surface area contributed by atoms with Crippen LogP contribution in [0.1, 0.15) is 33.6 Å². The van der Waals surface area contributed by atoms with Crippen molar-refractivity contribution in [2.75, 3.05) is 13.7 Å². The van der Waals surface area contributed by atoms with E-state index in [2.05, 4.69) is 0 Å². The first-order valence-corrected chi connectivity index (χ1v) is 5.30. The summed E-state index contributed by atoms with van der Waals surface area (Å²) in [6.45, 7) is 8.11. The zero-order valence-corrected chi connectivity index (χ0v) is 10.9. The fourth-order valence-electron chi connectivity index (χ4n) is 1.46. The van der Waals surface area contributed by atoms with E-state index in [0.717, 1.165) is 19.4 Å². The van der Waals surface area contributed by atoms with Gasteiger partial charge in [-0.3, -0.25) is 0 Å². The number of hydrogen-bond donors (Lipinski definition) is 0. The molecule has 1 heterocycles. The van der Waals surface area contributed by atoms with Gasteiger partial charge >= 0.3 is 25.0 Å². The number of ether oxygens (including phenoxy) is 2. The van der Waals surface area contributed by atoms with Gasteiger partial charge in [-0.2, -0.15) is 0 Å². The van der Waals surface area contributed by atoms with E-state index < -0.39 is 5.60 Å². The van der Waals surface area contributed by atoms with Gasteiger partial charge in [0.2, 0.25) is 0 Å². The first-order chi connectivity index (χ1) is 6.92. The van der Waals surface area contributed by atoms with Crippen LogP contribution in [0.25, 0.3) is 0 Å². The number of piperidine rings is 1. The van der Waals surface area contributed by atoms with E-state index in [4.69, 9.17) is 9.47 Å². The van der Waals surface area contributed by atoms with Gasteiger partial charge in [-0.1, -0.05) is 6.42 Å². The molecule has 0 saturated carbocycles. The molecule has 0 aromatic carbocycles. The van der Waals surface area contributed by atoms with Gasteiger partial charge in [0.05, 0.1) is 0 Å². The number of hydrogen-bond acceptors (Lipinski definition) is 3. The molecule has 0 spiro atoms. The van der Waals surface area contributed by atoms with Crippen molar-refractivity contribution in [3.05, 3.63) is 6.54 Å². The SMILES string of the molecule is COC1[CH-]N(C(=O)OC(C)(C)C)CCC1.[Li+]. The van der Waals surface area contributed by atoms with Crippen LogP contribution >= 0.6 is 0 Å². The Balaban J connectivity index is 0.00000225. The Kier molecular flexibility index (Phi) is 6.46. The summed E-state index contributed by atoms with van der Waals surface area (Å²) in [7, 11) is 1.65. The summed E-state index contributed by atoms with van der Waals surface area (Å²) >= 11 is 0. The third kappa shape index (κ3) is 5.25. The minimum Gasteiger partial charge on any atom is -0.455 e. The van der Waals surface area contributed by atoms with Crippen LogP contribution in [0.15, 0.2) is 0 Å². The molecule has 4 nitrogen and oxygen atoms in total. The summed E-state index contributed by atoms with van der Waals surface area (Å²) in [6.07, 6.45) is 1.67. The molecule has 88 valence electrons. The molecule has 1 aliphatic rings. The minimum absolute atomic E-state index is 0. The third-order valence-corrected chi connectivity index (χ3v) is 2.16. The second-order valence-electron chi connectivity index (χ2n) is 4.74. The number of methoxy groups -OCH3 is 1. The van der Waals surface area contributed by atoms with Crippen LogP contribution in [0.4, 0.5) is 4.79 Å². The van der Waals surface area contributed by atoms with Crippen molar-refractivity contribution in [3.63, 3.8) is 0 Å². The van der Waals surface area contributed by atoms with Crippen LogP contribution in [0, 0.1) is 6.54 Å². The summed E-state index contributed by atoms with van der Waals surface area (Å²) in [4.78, 5) is 13.3. The van der Waals surface area contributed by atoms with Crippen LogP contribution in [-0.4, -0.2) is 36.4 Å². The Morgan fingerprint density at radius 3 is 2.56 bits per heavy atom. The van der Waals surface area contributed by atoms with E-state index in [1.54, 1.807) is 18.6 Å². The van der Waals surface area contributed by atoms with Gasteiger partial charge in [0.25, 0.3) is 0 Å². The Morgan fingerprint density at radius 2 is 2.06 bits per heavy atom. The van der Waals surface area contributed by atoms with Gasteiger partial charge in [-0.15, -0.1) is 0 Å². The van der Waals surface area contributed by atoms with Gasteiger partial charge in [0, 0.05) is 7.11 Å². The molecule has 0 aliphatic carbocycles. The molecule has 1 rings (SSSR count). The van der Waals surface area contributed by atoms with Gasteiger partial charge in [-0.25, -0.2) is 11.3 Å². The Morgan fingerprint density at radius 1 is 1.44 bits per heavy atom. The van der Waals surface area contributed by atoms with Crippen molar-refractivity contribution >= 4 is 6.09 Å². The number of carbonyl (C=O) groups is 1. The van der Waals surface area contributed by atoms with Crippen LogP contribution in [-0.2, 0) is 9.47 Å². The Hall–Kier alpha value is -0.173. The van der Waals surface area contributed by atoms with Crippen molar-refractivity contribution in [3.8, 4) is 0 Å². The van der Waals surface area contributed by atoms with Gasteiger partial charge < -0.3 is 14.4 Å². The summed E-state index contributed by atoms with van der Waals surface area (Å²) in [6, 6.07) is 0. The molecule has 0 N–H and O–H groups in total. The van der Waals surface area contributed by atoms with E-state index in [1.165, 1.54) is 0 Å². The van der Waals surface area contributed by atoms with Crippen molar-refractivity contribution in [1.82, 2.24) is 4.90 Å². The number of amides is 1. The Labute approximate surface area is 110 Å². The zero-order valence-electron chi connectivity index (χ0n) is 10.9. The van der Waals surface area contributed by atoms with Crippen LogP contribution in [0.3, 0.4) is 0 Å². The van der Waals surface area contributed by atoms with Crippen molar-refractivity contribution in [2.45, 2.75) is 45.3 Å². The molecule has 0 bridgehead atoms. The monoisotopic (exact) mass is 221 g/mol. The normalized spacial score (nSPS) is 21.2. The van der Waals surface area contributed by atoms with Crippen molar-refractivity contribution in [1.29, 1.82) is 0 Å². The van der Waals surface area contributed by atoms with E-state index in [-0.39, 0.29) is 31.1 Å². The third-order valence-electron chi connectivity index (χ3n) is 2.16. The number of rotatable bonds is 1. The van der Waals surface area contributed by atoms with Gasteiger partial charge in [-0.05, 0) is 39.8 Å². The van der Waals surface area contributed by atoms with E-state index in [1.807, 2.05) is 20.8 Å². The molecule has 1 amide bonds. The van der Waals surface area contributed by atoms with E-state index in [0.29, 0.717) is 0 Å². The zero-order chi connectivity index (χ0) is 11.5. The molecule has 1 atom stereocenters. The molecular weight excluding hydrogens is 201 g/mol. The molecule has 1 fully saturated rings. The molecule has 0 aromatic rings. The average molecular weight is 221 g/mol. The molecule has 1 aliphatic heterocycles. The second kappa shape index (κ2) is 6.54. The maximum atomic E-state index is 11.7. The average Bonchev–Trinajstić information content (AvgIpc) is 2.15. The Bertz CT molecular complexity index is 228. The summed E-state index contributed by atoms with van der Waals surface area (Å²) in [5, 5.41) is 0. The number of likely N-dealkylation sites (tertiary alicyclic amines) is 1. The van der Waals surface area contributed by atoms with E-state index >= 15 is 0 Å². The maximum absolute atomic E-state index is 11.7. The summed E-state index contributed by atoms with van der Waals surface area (Å²) < 4.78 is 10.5. The first kappa shape index (κ1) is 15.8. The predicted molar refractivity (Wildman–Crippen MR) is 57.3 cm³/mol. The molecular formula is C11H20LiNO3. The molecule has 5 heteroatoms. The second-order valence-corrected chi connectivity index (χ2v) is 4.74. The molecule has 16 heavy (non-hydrogen) atoms. The van der Waals surface area contributed by atoms with Crippen LogP contribution in [0.2, 0.25) is 0 Å². The summed E-state index contributed by atoms with van der Waals surface area (Å²) in [5.41, 5.74) is -0.440. The molecule has 0 aromatic heterocycles. The largest absolute Gasteiger partial charge is 1.00 e. The predicted octanol–water partition coefficient (Wildman–Crippen LogP) is -0.802. The molecule has 0 radical (unpaired) electrons.